The molecule has 3 fully saturated rings. The minimum atomic E-state index is -0.383. The van der Waals surface area contributed by atoms with Gasteiger partial charge in [-0.25, -0.2) is 0 Å². The standard InChI is InChI=1S/C21H34N4O2.ClH/c22-21(12-4-5-13-21)20-24-19(27-25-20)16-8-10-17(11-9-16)23-18(26)14-15-6-2-1-3-7-15;/h15-17H,1-14,22H2,(H,23,26);1H. The van der Waals surface area contributed by atoms with Crippen molar-refractivity contribution in [1.29, 1.82) is 0 Å². The fourth-order valence-electron chi connectivity index (χ4n) is 5.26. The first kappa shape index (κ1) is 21.6. The zero-order valence-corrected chi connectivity index (χ0v) is 17.6. The smallest absolute Gasteiger partial charge is 0.229 e. The Hall–Kier alpha value is -1.14. The lowest BCUT2D eigenvalue weighted by atomic mass is 9.85. The number of nitrogens with two attached hydrogens (primary N) is 1. The summed E-state index contributed by atoms with van der Waals surface area (Å²) in [6.07, 6.45) is 15.2. The quantitative estimate of drug-likeness (QED) is 0.753. The Bertz CT molecular complexity index is 630. The molecule has 1 aromatic heterocycles. The van der Waals surface area contributed by atoms with Crippen molar-refractivity contribution in [2.75, 3.05) is 0 Å². The Morgan fingerprint density at radius 3 is 2.39 bits per heavy atom. The SMILES string of the molecule is Cl.NC1(c2noc(C3CCC(NC(=O)CC4CCCCC4)CC3)n2)CCCC1. The number of halogens is 1. The van der Waals surface area contributed by atoms with E-state index in [9.17, 15) is 4.79 Å². The molecule has 3 aliphatic rings. The third-order valence-corrected chi connectivity index (χ3v) is 7.02. The van der Waals surface area contributed by atoms with Gasteiger partial charge in [-0.2, -0.15) is 4.98 Å². The maximum absolute atomic E-state index is 12.4. The van der Waals surface area contributed by atoms with Crippen LogP contribution in [0.2, 0.25) is 0 Å². The van der Waals surface area contributed by atoms with Crippen molar-refractivity contribution < 1.29 is 9.32 Å². The molecule has 4 rings (SSSR count). The van der Waals surface area contributed by atoms with E-state index in [4.69, 9.17) is 10.3 Å². The van der Waals surface area contributed by atoms with Crippen LogP contribution in [0, 0.1) is 5.92 Å². The number of nitrogens with zero attached hydrogens (tertiary/aromatic N) is 2. The summed E-state index contributed by atoms with van der Waals surface area (Å²) in [5.74, 6) is 2.59. The number of amides is 1. The maximum Gasteiger partial charge on any atom is 0.229 e. The van der Waals surface area contributed by atoms with Crippen LogP contribution in [0.15, 0.2) is 4.52 Å². The lowest BCUT2D eigenvalue weighted by Gasteiger charge is -2.28. The molecule has 0 aliphatic heterocycles. The van der Waals surface area contributed by atoms with E-state index in [1.54, 1.807) is 0 Å². The van der Waals surface area contributed by atoms with Crippen molar-refractivity contribution in [3.05, 3.63) is 11.7 Å². The van der Waals surface area contributed by atoms with Crippen molar-refractivity contribution in [2.45, 2.75) is 107 Å². The van der Waals surface area contributed by atoms with Crippen LogP contribution in [-0.4, -0.2) is 22.1 Å². The lowest BCUT2D eigenvalue weighted by Crippen LogP contribution is -2.38. The fraction of sp³-hybridized carbons (Fsp3) is 0.857. The molecular formula is C21H35ClN4O2. The van der Waals surface area contributed by atoms with E-state index < -0.39 is 0 Å². The number of hydrogen-bond acceptors (Lipinski definition) is 5. The first-order valence-corrected chi connectivity index (χ1v) is 11.0. The molecule has 0 atom stereocenters. The summed E-state index contributed by atoms with van der Waals surface area (Å²) >= 11 is 0. The zero-order chi connectivity index (χ0) is 18.7. The maximum atomic E-state index is 12.4. The van der Waals surface area contributed by atoms with Gasteiger partial charge in [-0.3, -0.25) is 4.79 Å². The summed E-state index contributed by atoms with van der Waals surface area (Å²) in [4.78, 5) is 17.0. The second kappa shape index (κ2) is 9.57. The van der Waals surface area contributed by atoms with E-state index in [0.29, 0.717) is 30.1 Å². The van der Waals surface area contributed by atoms with Crippen LogP contribution in [0.25, 0.3) is 0 Å². The minimum absolute atomic E-state index is 0. The summed E-state index contributed by atoms with van der Waals surface area (Å²) in [7, 11) is 0. The normalized spacial score (nSPS) is 27.9. The number of carbonyl (C=O) groups is 1. The van der Waals surface area contributed by atoms with E-state index in [-0.39, 0.29) is 23.9 Å². The van der Waals surface area contributed by atoms with Crippen molar-refractivity contribution in [1.82, 2.24) is 15.5 Å². The van der Waals surface area contributed by atoms with Gasteiger partial charge >= 0.3 is 0 Å². The highest BCUT2D eigenvalue weighted by Crippen LogP contribution is 2.37. The number of hydrogen-bond donors (Lipinski definition) is 2. The summed E-state index contributed by atoms with van der Waals surface area (Å²) in [6.45, 7) is 0. The van der Waals surface area contributed by atoms with Gasteiger partial charge in [0.2, 0.25) is 11.8 Å². The molecular weight excluding hydrogens is 376 g/mol. The van der Waals surface area contributed by atoms with Crippen LogP contribution in [0.1, 0.15) is 108 Å². The molecule has 1 heterocycles. The van der Waals surface area contributed by atoms with Gasteiger partial charge in [-0.15, -0.1) is 12.4 Å². The van der Waals surface area contributed by atoms with Crippen LogP contribution in [0.4, 0.5) is 0 Å². The summed E-state index contributed by atoms with van der Waals surface area (Å²) < 4.78 is 5.57. The fourth-order valence-corrected chi connectivity index (χ4v) is 5.26. The Kier molecular flexibility index (Phi) is 7.37. The molecule has 1 aromatic rings. The Balaban J connectivity index is 0.00000225. The first-order chi connectivity index (χ1) is 13.1. The molecule has 1 amide bonds. The highest BCUT2D eigenvalue weighted by molar-refractivity contribution is 5.85. The molecule has 7 heteroatoms. The van der Waals surface area contributed by atoms with Crippen LogP contribution >= 0.6 is 12.4 Å². The molecule has 3 saturated carbocycles. The van der Waals surface area contributed by atoms with E-state index in [1.165, 1.54) is 32.1 Å². The lowest BCUT2D eigenvalue weighted by molar-refractivity contribution is -0.123. The van der Waals surface area contributed by atoms with E-state index in [2.05, 4.69) is 15.5 Å². The first-order valence-electron chi connectivity index (χ1n) is 11.0. The number of carbonyl (C=O) groups excluding carboxylic acids is 1. The molecule has 0 saturated heterocycles. The van der Waals surface area contributed by atoms with Gasteiger partial charge in [0.05, 0.1) is 5.54 Å². The third-order valence-electron chi connectivity index (χ3n) is 7.02. The van der Waals surface area contributed by atoms with Crippen molar-refractivity contribution >= 4 is 18.3 Å². The third kappa shape index (κ3) is 5.07. The Labute approximate surface area is 174 Å². The molecule has 0 aromatic carbocycles. The van der Waals surface area contributed by atoms with Gasteiger partial charge in [0.25, 0.3) is 0 Å². The van der Waals surface area contributed by atoms with Crippen LogP contribution in [0.5, 0.6) is 0 Å². The Morgan fingerprint density at radius 2 is 1.71 bits per heavy atom. The molecule has 158 valence electrons. The second-order valence-corrected chi connectivity index (χ2v) is 9.14. The summed E-state index contributed by atoms with van der Waals surface area (Å²) in [5, 5.41) is 7.47. The number of nitrogens with one attached hydrogen (secondary N) is 1. The minimum Gasteiger partial charge on any atom is -0.353 e. The molecule has 0 radical (unpaired) electrons. The molecule has 3 N–H and O–H groups in total. The van der Waals surface area contributed by atoms with Crippen LogP contribution in [0.3, 0.4) is 0 Å². The van der Waals surface area contributed by atoms with Gasteiger partial charge in [0.1, 0.15) is 0 Å². The van der Waals surface area contributed by atoms with Crippen molar-refractivity contribution in [3.63, 3.8) is 0 Å². The summed E-state index contributed by atoms with van der Waals surface area (Å²) in [6, 6.07) is 0.301. The van der Waals surface area contributed by atoms with E-state index in [0.717, 1.165) is 57.3 Å². The van der Waals surface area contributed by atoms with Crippen LogP contribution < -0.4 is 11.1 Å². The Morgan fingerprint density at radius 1 is 1.04 bits per heavy atom. The van der Waals surface area contributed by atoms with Gasteiger partial charge in [-0.1, -0.05) is 37.3 Å². The van der Waals surface area contributed by atoms with Gasteiger partial charge in [-0.05, 0) is 57.3 Å². The van der Waals surface area contributed by atoms with Gasteiger partial charge in [0, 0.05) is 18.4 Å². The molecule has 3 aliphatic carbocycles. The zero-order valence-electron chi connectivity index (χ0n) is 16.8. The highest BCUT2D eigenvalue weighted by atomic mass is 35.5. The highest BCUT2D eigenvalue weighted by Gasteiger charge is 2.37. The molecule has 0 bridgehead atoms. The number of aromatic nitrogens is 2. The van der Waals surface area contributed by atoms with Crippen LogP contribution in [-0.2, 0) is 10.3 Å². The average molecular weight is 411 g/mol. The summed E-state index contributed by atoms with van der Waals surface area (Å²) in [5.41, 5.74) is 6.06. The second-order valence-electron chi connectivity index (χ2n) is 9.14. The monoisotopic (exact) mass is 410 g/mol. The molecule has 0 spiro atoms. The molecule has 6 nitrogen and oxygen atoms in total. The average Bonchev–Trinajstić information content (AvgIpc) is 3.33. The van der Waals surface area contributed by atoms with Gasteiger partial charge in [0.15, 0.2) is 5.82 Å². The predicted molar refractivity (Wildman–Crippen MR) is 110 cm³/mol. The largest absolute Gasteiger partial charge is 0.353 e. The topological polar surface area (TPSA) is 94.0 Å². The van der Waals surface area contributed by atoms with Crippen molar-refractivity contribution in [3.8, 4) is 0 Å². The molecule has 28 heavy (non-hydrogen) atoms. The van der Waals surface area contributed by atoms with Gasteiger partial charge < -0.3 is 15.6 Å². The van der Waals surface area contributed by atoms with E-state index in [1.807, 2.05) is 0 Å². The number of rotatable bonds is 5. The predicted octanol–water partition coefficient (Wildman–Crippen LogP) is 4.33. The molecule has 0 unspecified atom stereocenters. The van der Waals surface area contributed by atoms with Crippen molar-refractivity contribution in [2.24, 2.45) is 11.7 Å². The van der Waals surface area contributed by atoms with E-state index >= 15 is 0 Å².